The molecule has 1 aliphatic rings. The second kappa shape index (κ2) is 6.02. The number of allylic oxidation sites excluding steroid dienone is 1. The number of hydrogen-bond donors (Lipinski definition) is 2. The van der Waals surface area contributed by atoms with E-state index in [1.54, 1.807) is 0 Å². The van der Waals surface area contributed by atoms with Crippen LogP contribution in [0.5, 0.6) is 0 Å². The molecule has 1 atom stereocenters. The van der Waals surface area contributed by atoms with Crippen LogP contribution < -0.4 is 10.6 Å². The van der Waals surface area contributed by atoms with E-state index in [4.69, 9.17) is 0 Å². The average molecular weight is 270 g/mol. The Morgan fingerprint density at radius 2 is 2.53 bits per heavy atom. The number of carbonyl (C=O) groups is 1. The van der Waals surface area contributed by atoms with E-state index in [0.29, 0.717) is 10.3 Å². The van der Waals surface area contributed by atoms with Crippen molar-refractivity contribution in [1.29, 1.82) is 0 Å². The second-order valence-corrected chi connectivity index (χ2v) is 5.18. The van der Waals surface area contributed by atoms with Gasteiger partial charge in [0, 0.05) is 17.6 Å². The van der Waals surface area contributed by atoms with Crippen molar-refractivity contribution < 1.29 is 4.79 Å². The molecule has 0 bridgehead atoms. The van der Waals surface area contributed by atoms with Crippen molar-refractivity contribution in [3.05, 3.63) is 12.2 Å². The Morgan fingerprint density at radius 3 is 3.18 bits per heavy atom. The number of anilines is 1. The smallest absolute Gasteiger partial charge is 0.321 e. The molecule has 0 aromatic carbocycles. The van der Waals surface area contributed by atoms with Gasteiger partial charge in [-0.15, -0.1) is 0 Å². The molecule has 1 aromatic rings. The fourth-order valence-electron chi connectivity index (χ4n) is 1.58. The third-order valence-electron chi connectivity index (χ3n) is 2.38. The molecule has 7 heteroatoms. The van der Waals surface area contributed by atoms with E-state index in [1.807, 2.05) is 12.3 Å². The first-order valence-electron chi connectivity index (χ1n) is 5.40. The summed E-state index contributed by atoms with van der Waals surface area (Å²) in [6.45, 7) is 0. The molecule has 0 unspecified atom stereocenters. The molecule has 0 aliphatic heterocycles. The van der Waals surface area contributed by atoms with Gasteiger partial charge in [-0.05, 0) is 25.5 Å². The van der Waals surface area contributed by atoms with E-state index in [2.05, 4.69) is 26.1 Å². The van der Waals surface area contributed by atoms with Crippen LogP contribution in [-0.4, -0.2) is 27.7 Å². The number of urea groups is 1. The Hall–Kier alpha value is -1.08. The molecule has 0 radical (unpaired) electrons. The highest BCUT2D eigenvalue weighted by Gasteiger charge is 2.13. The van der Waals surface area contributed by atoms with Crippen LogP contribution in [0, 0.1) is 0 Å². The lowest BCUT2D eigenvalue weighted by atomic mass is 10.0. The van der Waals surface area contributed by atoms with Gasteiger partial charge in [0.1, 0.15) is 0 Å². The Kier molecular flexibility index (Phi) is 4.38. The van der Waals surface area contributed by atoms with Crippen molar-refractivity contribution in [2.45, 2.75) is 30.5 Å². The first-order chi connectivity index (χ1) is 8.28. The predicted molar refractivity (Wildman–Crippen MR) is 70.6 cm³/mol. The topological polar surface area (TPSA) is 66.9 Å². The van der Waals surface area contributed by atoms with Gasteiger partial charge in [-0.3, -0.25) is 5.32 Å². The van der Waals surface area contributed by atoms with Crippen LogP contribution in [0.3, 0.4) is 0 Å². The second-order valence-electron chi connectivity index (χ2n) is 3.65. The van der Waals surface area contributed by atoms with Gasteiger partial charge in [-0.1, -0.05) is 23.9 Å². The minimum atomic E-state index is -0.217. The van der Waals surface area contributed by atoms with Crippen LogP contribution in [0.25, 0.3) is 0 Å². The van der Waals surface area contributed by atoms with Crippen molar-refractivity contribution in [2.24, 2.45) is 0 Å². The fourth-order valence-corrected chi connectivity index (χ4v) is 2.70. The summed E-state index contributed by atoms with van der Waals surface area (Å²) in [6, 6.07) is -0.0814. The monoisotopic (exact) mass is 270 g/mol. The summed E-state index contributed by atoms with van der Waals surface area (Å²) in [5.74, 6) is 0. The summed E-state index contributed by atoms with van der Waals surface area (Å²) in [6.07, 6.45) is 9.26. The summed E-state index contributed by atoms with van der Waals surface area (Å²) in [5.41, 5.74) is 0. The van der Waals surface area contributed by atoms with Crippen molar-refractivity contribution in [3.63, 3.8) is 0 Å². The van der Waals surface area contributed by atoms with Gasteiger partial charge in [-0.25, -0.2) is 4.79 Å². The molecule has 1 aromatic heterocycles. The number of hydrogen-bond acceptors (Lipinski definition) is 5. The fraction of sp³-hybridized carbons (Fsp3) is 0.500. The largest absolute Gasteiger partial charge is 0.332 e. The molecule has 0 saturated heterocycles. The summed E-state index contributed by atoms with van der Waals surface area (Å²) in [4.78, 5) is 15.8. The van der Waals surface area contributed by atoms with Crippen molar-refractivity contribution >= 4 is 34.5 Å². The van der Waals surface area contributed by atoms with Gasteiger partial charge in [0.15, 0.2) is 0 Å². The van der Waals surface area contributed by atoms with Crippen LogP contribution >= 0.6 is 23.3 Å². The molecular weight excluding hydrogens is 256 g/mol. The zero-order valence-corrected chi connectivity index (χ0v) is 11.1. The highest BCUT2D eigenvalue weighted by molar-refractivity contribution is 7.98. The molecule has 2 amide bonds. The lowest BCUT2D eigenvalue weighted by Gasteiger charge is -2.17. The number of nitrogens with one attached hydrogen (secondary N) is 2. The standard InChI is InChI=1S/C10H14N4OS2/c1-16-10-13-9(17-14-10)12-8(15)11-7-5-3-2-4-6-7/h3,5,7H,2,4,6H2,1H3,(H2,11,12,13,14,15)/t7-/m1/s1. The summed E-state index contributed by atoms with van der Waals surface area (Å²) in [5, 5.41) is 6.80. The Labute approximate surface area is 108 Å². The van der Waals surface area contributed by atoms with Crippen LogP contribution in [0.2, 0.25) is 0 Å². The lowest BCUT2D eigenvalue weighted by molar-refractivity contribution is 0.249. The van der Waals surface area contributed by atoms with E-state index in [-0.39, 0.29) is 12.1 Å². The molecule has 17 heavy (non-hydrogen) atoms. The van der Waals surface area contributed by atoms with E-state index >= 15 is 0 Å². The van der Waals surface area contributed by atoms with Crippen molar-refractivity contribution in [2.75, 3.05) is 11.6 Å². The number of thioether (sulfide) groups is 1. The van der Waals surface area contributed by atoms with Crippen molar-refractivity contribution in [3.8, 4) is 0 Å². The van der Waals surface area contributed by atoms with Gasteiger partial charge >= 0.3 is 6.03 Å². The quantitative estimate of drug-likeness (QED) is 0.654. The summed E-state index contributed by atoms with van der Waals surface area (Å²) >= 11 is 2.65. The highest BCUT2D eigenvalue weighted by atomic mass is 32.2. The molecule has 5 nitrogen and oxygen atoms in total. The molecule has 2 rings (SSSR count). The van der Waals surface area contributed by atoms with Gasteiger partial charge in [0.2, 0.25) is 10.3 Å². The highest BCUT2D eigenvalue weighted by Crippen LogP contribution is 2.17. The van der Waals surface area contributed by atoms with Crippen molar-refractivity contribution in [1.82, 2.24) is 14.7 Å². The van der Waals surface area contributed by atoms with Crippen LogP contribution in [-0.2, 0) is 0 Å². The average Bonchev–Trinajstić information content (AvgIpc) is 2.78. The van der Waals surface area contributed by atoms with Gasteiger partial charge in [-0.2, -0.15) is 9.36 Å². The lowest BCUT2D eigenvalue weighted by Crippen LogP contribution is -2.37. The van der Waals surface area contributed by atoms with E-state index in [9.17, 15) is 4.79 Å². The zero-order chi connectivity index (χ0) is 12.1. The van der Waals surface area contributed by atoms with Crippen LogP contribution in [0.4, 0.5) is 9.93 Å². The molecule has 1 heterocycles. The predicted octanol–water partition coefficient (Wildman–Crippen LogP) is 2.49. The Morgan fingerprint density at radius 1 is 1.65 bits per heavy atom. The maximum absolute atomic E-state index is 11.7. The number of aromatic nitrogens is 2. The number of carbonyl (C=O) groups excluding carboxylic acids is 1. The first kappa shape index (κ1) is 12.4. The maximum Gasteiger partial charge on any atom is 0.321 e. The van der Waals surface area contributed by atoms with Gasteiger partial charge in [0.25, 0.3) is 0 Å². The molecule has 2 N–H and O–H groups in total. The third kappa shape index (κ3) is 3.71. The SMILES string of the molecule is CSc1nsc(NC(=O)N[C@@H]2C=CCCC2)n1. The minimum Gasteiger partial charge on any atom is -0.332 e. The summed E-state index contributed by atoms with van der Waals surface area (Å²) in [7, 11) is 0. The zero-order valence-electron chi connectivity index (χ0n) is 9.47. The molecular formula is C10H14N4OS2. The first-order valence-corrected chi connectivity index (χ1v) is 7.39. The van der Waals surface area contributed by atoms with Gasteiger partial charge < -0.3 is 5.32 Å². The van der Waals surface area contributed by atoms with E-state index < -0.39 is 0 Å². The van der Waals surface area contributed by atoms with Crippen LogP contribution in [0.1, 0.15) is 19.3 Å². The van der Waals surface area contributed by atoms with Crippen LogP contribution in [0.15, 0.2) is 17.3 Å². The Balaban J connectivity index is 1.84. The molecule has 1 aliphatic carbocycles. The molecule has 0 fully saturated rings. The molecule has 92 valence electrons. The Bertz CT molecular complexity index is 418. The third-order valence-corrected chi connectivity index (χ3v) is 3.68. The summed E-state index contributed by atoms with van der Waals surface area (Å²) < 4.78 is 4.07. The van der Waals surface area contributed by atoms with Gasteiger partial charge in [0.05, 0.1) is 0 Å². The number of rotatable bonds is 3. The molecule has 0 spiro atoms. The van der Waals surface area contributed by atoms with E-state index in [0.717, 1.165) is 19.3 Å². The molecule has 0 saturated carbocycles. The minimum absolute atomic E-state index is 0.136. The maximum atomic E-state index is 11.7. The normalized spacial score (nSPS) is 19.0. The number of nitrogens with zero attached hydrogens (tertiary/aromatic N) is 2. The number of amides is 2. The van der Waals surface area contributed by atoms with E-state index in [1.165, 1.54) is 23.3 Å².